The standard InChI is InChI=1S/C13H9.C9H13.4CH3.2ClH.2Si.Zr/c1-2-6-12-10(4-1)8-9-11-5-3-7-13(11)12;1-2-3-6-9-7-4-5-8-9;;;;;;;;;/h1-9H;4-5,7-8H,2-3,6H2,1H3;4*1H3;2*1H;;;/q6*-1;;;;;/p-2. The molecule has 0 saturated carbocycles. The Labute approximate surface area is 219 Å². The van der Waals surface area contributed by atoms with E-state index in [-0.39, 0.29) is 75.0 Å². The van der Waals surface area contributed by atoms with Crippen molar-refractivity contribution in [3.8, 4) is 0 Å². The van der Waals surface area contributed by atoms with E-state index in [1.54, 1.807) is 0 Å². The molecule has 0 spiro atoms. The quantitative estimate of drug-likeness (QED) is 0.262. The van der Waals surface area contributed by atoms with Gasteiger partial charge in [0.05, 0.1) is 0 Å². The SMILES string of the molecule is CCCCc1cc[cH-]c1.[CH3-].[CH3-].[CH3-].[CH3-].[Cl-].[Cl-].[Si]=[Zr]=[Si].c1ccc2c(c1)ccc1[cH-]ccc12. The summed E-state index contributed by atoms with van der Waals surface area (Å²) in [5, 5.41) is 5.36. The van der Waals surface area contributed by atoms with Crippen LogP contribution in [-0.4, -0.2) is 13.8 Å². The summed E-state index contributed by atoms with van der Waals surface area (Å²) in [5.41, 5.74) is 1.48. The Morgan fingerprint density at radius 1 is 0.806 bits per heavy atom. The zero-order valence-electron chi connectivity index (χ0n) is 19.4. The molecule has 0 aliphatic carbocycles. The number of benzene rings is 2. The monoisotopic (exact) mass is 562 g/mol. The van der Waals surface area contributed by atoms with Gasteiger partial charge in [0.1, 0.15) is 0 Å². The predicted octanol–water partition coefficient (Wildman–Crippen LogP) is 1.51. The summed E-state index contributed by atoms with van der Waals surface area (Å²) >= 11 is -0.159. The van der Waals surface area contributed by atoms with Crippen LogP contribution in [0.3, 0.4) is 0 Å². The zero-order valence-corrected chi connectivity index (χ0v) is 25.4. The van der Waals surface area contributed by atoms with Crippen molar-refractivity contribution in [3.63, 3.8) is 0 Å². The molecule has 0 atom stereocenters. The summed E-state index contributed by atoms with van der Waals surface area (Å²) in [6.45, 7) is 8.76. The zero-order chi connectivity index (χ0) is 17.9. The van der Waals surface area contributed by atoms with Crippen LogP contribution in [0, 0.1) is 29.7 Å². The van der Waals surface area contributed by atoms with Crippen LogP contribution < -0.4 is 24.8 Å². The third-order valence-electron chi connectivity index (χ3n) is 4.09. The van der Waals surface area contributed by atoms with E-state index >= 15 is 0 Å². The van der Waals surface area contributed by atoms with Crippen LogP contribution in [0.25, 0.3) is 21.5 Å². The Balaban J connectivity index is -0.000000114. The van der Waals surface area contributed by atoms with E-state index in [4.69, 9.17) is 0 Å². The summed E-state index contributed by atoms with van der Waals surface area (Å²) in [7, 11) is 0. The third kappa shape index (κ3) is 13.6. The minimum atomic E-state index is -0.159. The van der Waals surface area contributed by atoms with Crippen molar-refractivity contribution in [2.45, 2.75) is 26.2 Å². The Hall–Kier alpha value is -0.443. The van der Waals surface area contributed by atoms with E-state index in [9.17, 15) is 0 Å². The Bertz CT molecular complexity index is 925. The number of aryl methyl sites for hydroxylation is 1. The van der Waals surface area contributed by atoms with E-state index in [0.29, 0.717) is 0 Å². The van der Waals surface area contributed by atoms with E-state index in [1.807, 2.05) is 0 Å². The molecule has 172 valence electrons. The van der Waals surface area contributed by atoms with E-state index < -0.39 is 0 Å². The maximum atomic E-state index is 3.27. The normalized spacial score (nSPS) is 7.77. The number of hydrogen-bond acceptors (Lipinski definition) is 0. The van der Waals surface area contributed by atoms with Gasteiger partial charge in [0.15, 0.2) is 0 Å². The summed E-state index contributed by atoms with van der Waals surface area (Å²) in [6.07, 6.45) is 3.87. The molecule has 4 rings (SSSR count). The third-order valence-corrected chi connectivity index (χ3v) is 4.09. The molecule has 0 saturated heterocycles. The largest absolute Gasteiger partial charge is 0.168 e. The summed E-state index contributed by atoms with van der Waals surface area (Å²) in [5.74, 6) is 0. The molecule has 5 heteroatoms. The smallest absolute Gasteiger partial charge is 0.0370 e. The van der Waals surface area contributed by atoms with Gasteiger partial charge in [0, 0.05) is 0 Å². The number of halogens is 2. The molecule has 4 radical (unpaired) electrons. The number of unbranched alkanes of at least 4 members (excludes halogenated alkanes) is 1. The van der Waals surface area contributed by atoms with Crippen molar-refractivity contribution in [3.05, 3.63) is 114 Å². The van der Waals surface area contributed by atoms with Crippen molar-refractivity contribution >= 4 is 35.3 Å². The second-order valence-corrected chi connectivity index (χ2v) is 12.4. The molecule has 0 fully saturated rings. The van der Waals surface area contributed by atoms with Gasteiger partial charge in [-0.05, 0) is 5.39 Å². The number of fused-ring (bicyclic) bond motifs is 3. The molecule has 0 heterocycles. The number of hydrogen-bond donors (Lipinski definition) is 0. The molecule has 0 N–H and O–H groups in total. The fourth-order valence-electron chi connectivity index (χ4n) is 2.85. The molecular weight excluding hydrogens is 531 g/mol. The van der Waals surface area contributed by atoms with Gasteiger partial charge in [-0.1, -0.05) is 61.9 Å². The summed E-state index contributed by atoms with van der Waals surface area (Å²) < 4.78 is 0. The molecule has 31 heavy (non-hydrogen) atoms. The van der Waals surface area contributed by atoms with Crippen molar-refractivity contribution in [1.82, 2.24) is 0 Å². The first-order valence-corrected chi connectivity index (χ1v) is 17.0. The maximum absolute atomic E-state index is 3.27. The molecule has 4 aromatic rings. The summed E-state index contributed by atoms with van der Waals surface area (Å²) in [6, 6.07) is 27.9. The van der Waals surface area contributed by atoms with Crippen molar-refractivity contribution in [1.29, 1.82) is 0 Å². The van der Waals surface area contributed by atoms with E-state index in [2.05, 4.69) is 99.5 Å². The molecule has 0 aromatic heterocycles. The topological polar surface area (TPSA) is 0 Å². The molecule has 0 nitrogen and oxygen atoms in total. The molecule has 0 bridgehead atoms. The van der Waals surface area contributed by atoms with Crippen LogP contribution in [0.1, 0.15) is 25.3 Å². The molecule has 0 unspecified atom stereocenters. The van der Waals surface area contributed by atoms with Crippen molar-refractivity contribution in [2.75, 3.05) is 0 Å². The van der Waals surface area contributed by atoms with E-state index in [1.165, 1.54) is 46.4 Å². The fraction of sp³-hybridized carbons (Fsp3) is 0.154. The second kappa shape index (κ2) is 24.2. The average Bonchev–Trinajstić information content (AvgIpc) is 3.33. The van der Waals surface area contributed by atoms with Gasteiger partial charge in [-0.15, -0.1) is 22.9 Å². The molecular formula is C26H34Cl2Si2Zr-8. The van der Waals surface area contributed by atoms with Crippen LogP contribution in [0.5, 0.6) is 0 Å². The van der Waals surface area contributed by atoms with Crippen LogP contribution in [0.2, 0.25) is 0 Å². The Kier molecular flexibility index (Phi) is 31.9. The Morgan fingerprint density at radius 3 is 2.03 bits per heavy atom. The predicted molar refractivity (Wildman–Crippen MR) is 135 cm³/mol. The molecule has 4 aromatic carbocycles. The first-order valence-electron chi connectivity index (χ1n) is 8.62. The van der Waals surface area contributed by atoms with Crippen LogP contribution in [0.4, 0.5) is 0 Å². The maximum Gasteiger partial charge on any atom is -0.0370 e. The van der Waals surface area contributed by atoms with Gasteiger partial charge in [0.2, 0.25) is 0 Å². The first kappa shape index (κ1) is 40.9. The van der Waals surface area contributed by atoms with Crippen molar-refractivity contribution in [2.24, 2.45) is 0 Å². The first-order chi connectivity index (χ1) is 12.3. The number of rotatable bonds is 3. The van der Waals surface area contributed by atoms with Gasteiger partial charge in [-0.2, -0.15) is 35.9 Å². The fourth-order valence-corrected chi connectivity index (χ4v) is 2.85. The van der Waals surface area contributed by atoms with Gasteiger partial charge in [-0.3, -0.25) is 0 Å². The minimum absolute atomic E-state index is 0. The molecule has 0 aliphatic rings. The molecule has 0 amide bonds. The Morgan fingerprint density at radius 2 is 1.45 bits per heavy atom. The summed E-state index contributed by atoms with van der Waals surface area (Å²) in [4.78, 5) is 0. The van der Waals surface area contributed by atoms with Crippen LogP contribution in [-0.2, 0) is 26.9 Å². The van der Waals surface area contributed by atoms with Crippen LogP contribution >= 0.6 is 0 Å². The van der Waals surface area contributed by atoms with Gasteiger partial charge < -0.3 is 54.5 Å². The van der Waals surface area contributed by atoms with Crippen LogP contribution in [0.15, 0.2) is 78.9 Å². The van der Waals surface area contributed by atoms with Crippen molar-refractivity contribution < 1.29 is 45.3 Å². The van der Waals surface area contributed by atoms with Gasteiger partial charge >= 0.3 is 34.2 Å². The average molecular weight is 565 g/mol. The molecule has 0 aliphatic heterocycles. The van der Waals surface area contributed by atoms with Gasteiger partial charge in [-0.25, -0.2) is 6.07 Å². The van der Waals surface area contributed by atoms with E-state index in [0.717, 1.165) is 0 Å². The minimum Gasteiger partial charge on any atom is -0.168 e. The second-order valence-electron chi connectivity index (χ2n) is 5.84. The van der Waals surface area contributed by atoms with Gasteiger partial charge in [0.25, 0.3) is 0 Å².